The van der Waals surface area contributed by atoms with Crippen LogP contribution in [0.15, 0.2) is 54.6 Å². The lowest BCUT2D eigenvalue weighted by Crippen LogP contribution is -2.58. The van der Waals surface area contributed by atoms with E-state index in [9.17, 15) is 14.7 Å². The van der Waals surface area contributed by atoms with Crippen LogP contribution in [0.25, 0.3) is 0 Å². The Kier molecular flexibility index (Phi) is 5.39. The lowest BCUT2D eigenvalue weighted by atomic mass is 9.95. The van der Waals surface area contributed by atoms with Crippen LogP contribution in [0, 0.1) is 6.92 Å². The summed E-state index contributed by atoms with van der Waals surface area (Å²) in [5.74, 6) is -1.28. The number of amides is 1. The van der Waals surface area contributed by atoms with Crippen molar-refractivity contribution in [2.45, 2.75) is 38.1 Å². The maximum Gasteiger partial charge on any atom is 0.328 e. The molecule has 2 aromatic rings. The Morgan fingerprint density at radius 1 is 1.07 bits per heavy atom. The van der Waals surface area contributed by atoms with Gasteiger partial charge in [0, 0.05) is 38.0 Å². The predicted octanol–water partition coefficient (Wildman–Crippen LogP) is 2.91. The first-order valence-electron chi connectivity index (χ1n) is 10.0. The molecule has 2 aromatic carbocycles. The van der Waals surface area contributed by atoms with Gasteiger partial charge >= 0.3 is 5.97 Å². The molecule has 29 heavy (non-hydrogen) atoms. The third kappa shape index (κ3) is 3.78. The Morgan fingerprint density at radius 3 is 2.38 bits per heavy atom. The molecule has 2 aliphatic rings. The van der Waals surface area contributed by atoms with E-state index < -0.39 is 17.7 Å². The molecule has 2 fully saturated rings. The maximum absolute atomic E-state index is 13.4. The second-order valence-electron chi connectivity index (χ2n) is 7.86. The average molecular weight is 394 g/mol. The monoisotopic (exact) mass is 394 g/mol. The number of carbonyl (C=O) groups excluding carboxylic acids is 1. The molecule has 0 aliphatic carbocycles. The van der Waals surface area contributed by atoms with Gasteiger partial charge in [-0.3, -0.25) is 14.6 Å². The van der Waals surface area contributed by atoms with Gasteiger partial charge in [-0.2, -0.15) is 0 Å². The molecule has 1 amide bonds. The molecule has 1 spiro atoms. The third-order valence-corrected chi connectivity index (χ3v) is 6.03. The molecule has 0 unspecified atom stereocenters. The van der Waals surface area contributed by atoms with Gasteiger partial charge in [0.05, 0.1) is 6.61 Å². The number of piperidine rings is 1. The minimum absolute atomic E-state index is 0.0334. The largest absolute Gasteiger partial charge is 0.480 e. The van der Waals surface area contributed by atoms with Gasteiger partial charge in [0.15, 0.2) is 6.04 Å². The summed E-state index contributed by atoms with van der Waals surface area (Å²) < 4.78 is 6.05. The first-order chi connectivity index (χ1) is 14.0. The van der Waals surface area contributed by atoms with Gasteiger partial charge in [-0.15, -0.1) is 0 Å². The quantitative estimate of drug-likeness (QED) is 0.864. The summed E-state index contributed by atoms with van der Waals surface area (Å²) in [6.45, 7) is 4.24. The van der Waals surface area contributed by atoms with Crippen molar-refractivity contribution in [1.82, 2.24) is 9.80 Å². The Labute approximate surface area is 170 Å². The van der Waals surface area contributed by atoms with Gasteiger partial charge in [0.25, 0.3) is 5.91 Å². The van der Waals surface area contributed by atoms with Crippen molar-refractivity contribution in [3.05, 3.63) is 71.3 Å². The van der Waals surface area contributed by atoms with Gasteiger partial charge in [-0.1, -0.05) is 48.5 Å². The molecule has 6 heteroatoms. The van der Waals surface area contributed by atoms with Crippen LogP contribution in [0.5, 0.6) is 0 Å². The Morgan fingerprint density at radius 2 is 1.72 bits per heavy atom. The highest BCUT2D eigenvalue weighted by Crippen LogP contribution is 2.39. The number of hydrogen-bond acceptors (Lipinski definition) is 4. The Bertz CT molecular complexity index is 891. The summed E-state index contributed by atoms with van der Waals surface area (Å²) in [5, 5.41) is 9.73. The molecule has 0 saturated carbocycles. The maximum atomic E-state index is 13.4. The summed E-state index contributed by atoms with van der Waals surface area (Å²) in [6, 6.07) is 16.6. The van der Waals surface area contributed by atoms with Gasteiger partial charge in [0.2, 0.25) is 0 Å². The summed E-state index contributed by atoms with van der Waals surface area (Å²) in [7, 11) is 0. The number of rotatable bonds is 4. The number of carboxylic acid groups (broad SMARTS) is 1. The first-order valence-corrected chi connectivity index (χ1v) is 10.0. The topological polar surface area (TPSA) is 70.1 Å². The van der Waals surface area contributed by atoms with E-state index in [1.54, 1.807) is 6.07 Å². The summed E-state index contributed by atoms with van der Waals surface area (Å²) in [4.78, 5) is 29.1. The highest BCUT2D eigenvalue weighted by molar-refractivity contribution is 5.98. The number of hydrogen-bond donors (Lipinski definition) is 1. The summed E-state index contributed by atoms with van der Waals surface area (Å²) in [5.41, 5.74) is 1.77. The van der Waals surface area contributed by atoms with Gasteiger partial charge in [0.1, 0.15) is 5.72 Å². The molecular formula is C23H26N2O4. The van der Waals surface area contributed by atoms with Crippen LogP contribution in [0.3, 0.4) is 0 Å². The number of ether oxygens (including phenoxy) is 1. The van der Waals surface area contributed by atoms with Crippen molar-refractivity contribution in [2.75, 3.05) is 19.7 Å². The lowest BCUT2D eigenvalue weighted by Gasteiger charge is -2.44. The van der Waals surface area contributed by atoms with Crippen molar-refractivity contribution in [1.29, 1.82) is 0 Å². The SMILES string of the molecule is Cc1ccccc1C(=O)N1[C@H](C(=O)O)COC12CCN(Cc1ccccc1)CC2. The predicted molar refractivity (Wildman–Crippen MR) is 108 cm³/mol. The molecule has 1 N–H and O–H groups in total. The van der Waals surface area contributed by atoms with Crippen molar-refractivity contribution >= 4 is 11.9 Å². The molecule has 0 aromatic heterocycles. The first kappa shape index (κ1) is 19.6. The van der Waals surface area contributed by atoms with E-state index in [-0.39, 0.29) is 12.5 Å². The zero-order valence-corrected chi connectivity index (χ0v) is 16.6. The fourth-order valence-corrected chi connectivity index (χ4v) is 4.40. The highest BCUT2D eigenvalue weighted by Gasteiger charge is 2.54. The van der Waals surface area contributed by atoms with Crippen LogP contribution in [0.4, 0.5) is 0 Å². The van der Waals surface area contributed by atoms with Gasteiger partial charge in [-0.25, -0.2) is 4.79 Å². The van der Waals surface area contributed by atoms with E-state index in [2.05, 4.69) is 17.0 Å². The third-order valence-electron chi connectivity index (χ3n) is 6.03. The van der Waals surface area contributed by atoms with Crippen molar-refractivity contribution < 1.29 is 19.4 Å². The highest BCUT2D eigenvalue weighted by atomic mass is 16.5. The van der Waals surface area contributed by atoms with Crippen LogP contribution in [-0.2, 0) is 16.1 Å². The Balaban J connectivity index is 1.55. The number of aliphatic carboxylic acids is 1. The van der Waals surface area contributed by atoms with Crippen molar-refractivity contribution in [3.8, 4) is 0 Å². The fraction of sp³-hybridized carbons (Fsp3) is 0.391. The number of nitrogens with zero attached hydrogens (tertiary/aromatic N) is 2. The van der Waals surface area contributed by atoms with E-state index in [0.717, 1.165) is 25.2 Å². The smallest absolute Gasteiger partial charge is 0.328 e. The van der Waals surface area contributed by atoms with E-state index in [1.807, 2.05) is 43.3 Å². The number of carboxylic acids is 1. The molecule has 2 aliphatic heterocycles. The molecular weight excluding hydrogens is 368 g/mol. The molecule has 6 nitrogen and oxygen atoms in total. The minimum Gasteiger partial charge on any atom is -0.480 e. The van der Waals surface area contributed by atoms with Crippen molar-refractivity contribution in [3.63, 3.8) is 0 Å². The number of benzene rings is 2. The van der Waals surface area contributed by atoms with Crippen molar-refractivity contribution in [2.24, 2.45) is 0 Å². The number of carbonyl (C=O) groups is 2. The van der Waals surface area contributed by atoms with Crippen LogP contribution in [0.2, 0.25) is 0 Å². The molecule has 2 heterocycles. The van der Waals surface area contributed by atoms with E-state index in [1.165, 1.54) is 10.5 Å². The van der Waals surface area contributed by atoms with Crippen LogP contribution in [0.1, 0.15) is 34.3 Å². The summed E-state index contributed by atoms with van der Waals surface area (Å²) in [6.07, 6.45) is 1.20. The van der Waals surface area contributed by atoms with E-state index in [0.29, 0.717) is 18.4 Å². The average Bonchev–Trinajstić information content (AvgIpc) is 3.10. The molecule has 0 radical (unpaired) electrons. The standard InChI is InChI=1S/C23H26N2O4/c1-17-7-5-6-10-19(17)21(26)25-20(22(27)28)16-29-23(25)11-13-24(14-12-23)15-18-8-3-2-4-9-18/h2-10,20H,11-16H2,1H3,(H,27,28)/t20-/m0/s1. The lowest BCUT2D eigenvalue weighted by molar-refractivity contribution is -0.144. The van der Waals surface area contributed by atoms with Crippen LogP contribution in [-0.4, -0.2) is 58.2 Å². The molecule has 2 saturated heterocycles. The molecule has 1 atom stereocenters. The fourth-order valence-electron chi connectivity index (χ4n) is 4.40. The second-order valence-corrected chi connectivity index (χ2v) is 7.86. The van der Waals surface area contributed by atoms with Gasteiger partial charge in [-0.05, 0) is 24.1 Å². The van der Waals surface area contributed by atoms with Crippen LogP contribution < -0.4 is 0 Å². The van der Waals surface area contributed by atoms with E-state index in [4.69, 9.17) is 4.74 Å². The zero-order chi connectivity index (χ0) is 20.4. The Hall–Kier alpha value is -2.70. The minimum atomic E-state index is -1.02. The molecule has 152 valence electrons. The van der Waals surface area contributed by atoms with E-state index >= 15 is 0 Å². The number of likely N-dealkylation sites (tertiary alicyclic amines) is 1. The summed E-state index contributed by atoms with van der Waals surface area (Å²) >= 11 is 0. The number of aryl methyl sites for hydroxylation is 1. The second kappa shape index (κ2) is 7.97. The van der Waals surface area contributed by atoms with Gasteiger partial charge < -0.3 is 9.84 Å². The normalized spacial score (nSPS) is 21.4. The zero-order valence-electron chi connectivity index (χ0n) is 16.6. The molecule has 0 bridgehead atoms. The molecule has 4 rings (SSSR count). The van der Waals surface area contributed by atoms with Crippen LogP contribution >= 0.6 is 0 Å².